The second-order valence-corrected chi connectivity index (χ2v) is 5.18. The van der Waals surface area contributed by atoms with Crippen LogP contribution in [0.2, 0.25) is 0 Å². The van der Waals surface area contributed by atoms with Crippen LogP contribution in [0.3, 0.4) is 0 Å². The molecule has 0 spiro atoms. The van der Waals surface area contributed by atoms with Gasteiger partial charge in [-0.2, -0.15) is 0 Å². The average Bonchev–Trinajstić information content (AvgIpc) is 2.47. The third-order valence-electron chi connectivity index (χ3n) is 3.64. The molecule has 1 amide bonds. The Bertz CT molecular complexity index is 401. The van der Waals surface area contributed by atoms with E-state index < -0.39 is 0 Å². The van der Waals surface area contributed by atoms with Crippen LogP contribution in [0.5, 0.6) is 0 Å². The zero-order chi connectivity index (χ0) is 13.7. The summed E-state index contributed by atoms with van der Waals surface area (Å²) in [6, 6.07) is 9.82. The van der Waals surface area contributed by atoms with Crippen LogP contribution >= 0.6 is 0 Å². The van der Waals surface area contributed by atoms with Gasteiger partial charge in [-0.25, -0.2) is 0 Å². The molecule has 1 heterocycles. The predicted octanol–water partition coefficient (Wildman–Crippen LogP) is 1.19. The Balaban J connectivity index is 1.91. The van der Waals surface area contributed by atoms with Crippen molar-refractivity contribution in [1.82, 2.24) is 10.2 Å². The van der Waals surface area contributed by atoms with E-state index in [9.17, 15) is 4.79 Å². The normalized spacial score (nSPS) is 18.0. The lowest BCUT2D eigenvalue weighted by atomic mass is 10.1. The number of hydrogen-bond acceptors (Lipinski definition) is 3. The Labute approximate surface area is 115 Å². The highest BCUT2D eigenvalue weighted by atomic mass is 16.2. The van der Waals surface area contributed by atoms with E-state index in [1.807, 2.05) is 44.3 Å². The van der Waals surface area contributed by atoms with Gasteiger partial charge in [-0.15, -0.1) is 0 Å². The van der Waals surface area contributed by atoms with Crippen LogP contribution < -0.4 is 10.2 Å². The van der Waals surface area contributed by atoms with Gasteiger partial charge in [0, 0.05) is 51.4 Å². The fraction of sp³-hybridized carbons (Fsp3) is 0.533. The topological polar surface area (TPSA) is 35.6 Å². The summed E-state index contributed by atoms with van der Waals surface area (Å²) in [5.74, 6) is 0.216. The lowest BCUT2D eigenvalue weighted by Crippen LogP contribution is -2.47. The summed E-state index contributed by atoms with van der Waals surface area (Å²) < 4.78 is 0. The molecule has 0 radical (unpaired) electrons. The van der Waals surface area contributed by atoms with Crippen LogP contribution in [0, 0.1) is 5.92 Å². The van der Waals surface area contributed by atoms with E-state index in [-0.39, 0.29) is 11.8 Å². The number of benzene rings is 1. The van der Waals surface area contributed by atoms with Crippen LogP contribution in [0.4, 0.5) is 5.69 Å². The zero-order valence-electron chi connectivity index (χ0n) is 11.8. The van der Waals surface area contributed by atoms with E-state index in [2.05, 4.69) is 10.2 Å². The van der Waals surface area contributed by atoms with Gasteiger partial charge in [-0.3, -0.25) is 4.79 Å². The monoisotopic (exact) mass is 261 g/mol. The number of nitrogens with one attached hydrogen (secondary N) is 1. The molecule has 1 aliphatic rings. The maximum absolute atomic E-state index is 12.4. The second kappa shape index (κ2) is 6.68. The molecular weight excluding hydrogens is 238 g/mol. The van der Waals surface area contributed by atoms with E-state index in [1.54, 1.807) is 4.90 Å². The predicted molar refractivity (Wildman–Crippen MR) is 78.3 cm³/mol. The molecule has 1 unspecified atom stereocenters. The number of para-hydroxylation sites is 1. The molecule has 1 atom stereocenters. The van der Waals surface area contributed by atoms with Crippen molar-refractivity contribution in [3.63, 3.8) is 0 Å². The van der Waals surface area contributed by atoms with Crippen molar-refractivity contribution in [2.75, 3.05) is 44.7 Å². The molecule has 0 aliphatic carbocycles. The van der Waals surface area contributed by atoms with E-state index in [0.29, 0.717) is 0 Å². The summed E-state index contributed by atoms with van der Waals surface area (Å²) in [5, 5.41) is 3.33. The van der Waals surface area contributed by atoms with Crippen LogP contribution in [0.25, 0.3) is 0 Å². The third kappa shape index (κ3) is 3.78. The maximum Gasteiger partial charge on any atom is 0.230 e. The van der Waals surface area contributed by atoms with Gasteiger partial charge in [0.25, 0.3) is 0 Å². The molecule has 1 N–H and O–H groups in total. The number of rotatable bonds is 4. The average molecular weight is 261 g/mol. The number of amides is 1. The number of carbonyl (C=O) groups excluding carboxylic acids is 1. The van der Waals surface area contributed by atoms with Crippen LogP contribution in [-0.4, -0.2) is 50.6 Å². The lowest BCUT2D eigenvalue weighted by Gasteiger charge is -2.30. The molecule has 2 rings (SSSR count). The number of nitrogens with zero attached hydrogens (tertiary/aromatic N) is 2. The Morgan fingerprint density at radius 3 is 2.58 bits per heavy atom. The molecule has 1 aromatic rings. The number of carbonyl (C=O) groups is 1. The van der Waals surface area contributed by atoms with Crippen LogP contribution in [0.1, 0.15) is 6.92 Å². The first-order valence-corrected chi connectivity index (χ1v) is 6.94. The minimum atomic E-state index is 0.0308. The minimum absolute atomic E-state index is 0.0308. The summed E-state index contributed by atoms with van der Waals surface area (Å²) in [6.07, 6.45) is 0. The fourth-order valence-corrected chi connectivity index (χ4v) is 2.47. The largest absolute Gasteiger partial charge is 0.315 e. The molecule has 104 valence electrons. The Morgan fingerprint density at radius 1 is 1.32 bits per heavy atom. The minimum Gasteiger partial charge on any atom is -0.315 e. The summed E-state index contributed by atoms with van der Waals surface area (Å²) in [6.45, 7) is 6.98. The Morgan fingerprint density at radius 2 is 1.95 bits per heavy atom. The summed E-state index contributed by atoms with van der Waals surface area (Å²) >= 11 is 0. The molecule has 4 nitrogen and oxygen atoms in total. The van der Waals surface area contributed by atoms with E-state index in [0.717, 1.165) is 38.4 Å². The van der Waals surface area contributed by atoms with Crippen molar-refractivity contribution in [2.45, 2.75) is 6.92 Å². The van der Waals surface area contributed by atoms with Crippen molar-refractivity contribution in [3.8, 4) is 0 Å². The first kappa shape index (κ1) is 14.0. The third-order valence-corrected chi connectivity index (χ3v) is 3.64. The molecule has 0 bridgehead atoms. The van der Waals surface area contributed by atoms with Crippen LogP contribution in [-0.2, 0) is 4.79 Å². The number of anilines is 1. The highest BCUT2D eigenvalue weighted by Crippen LogP contribution is 2.15. The quantitative estimate of drug-likeness (QED) is 0.884. The Hall–Kier alpha value is -1.39. The molecule has 0 saturated carbocycles. The van der Waals surface area contributed by atoms with Gasteiger partial charge in [0.1, 0.15) is 0 Å². The summed E-state index contributed by atoms with van der Waals surface area (Å²) in [4.78, 5) is 16.5. The number of hydrogen-bond donors (Lipinski definition) is 1. The van der Waals surface area contributed by atoms with E-state index in [4.69, 9.17) is 0 Å². The zero-order valence-corrected chi connectivity index (χ0v) is 11.8. The van der Waals surface area contributed by atoms with Crippen molar-refractivity contribution in [2.24, 2.45) is 5.92 Å². The molecule has 1 aromatic carbocycles. The highest BCUT2D eigenvalue weighted by Gasteiger charge is 2.21. The van der Waals surface area contributed by atoms with Crippen molar-refractivity contribution in [3.05, 3.63) is 30.3 Å². The van der Waals surface area contributed by atoms with Gasteiger partial charge < -0.3 is 15.1 Å². The van der Waals surface area contributed by atoms with E-state index >= 15 is 0 Å². The maximum atomic E-state index is 12.4. The smallest absolute Gasteiger partial charge is 0.230 e. The van der Waals surface area contributed by atoms with Crippen molar-refractivity contribution < 1.29 is 4.79 Å². The highest BCUT2D eigenvalue weighted by molar-refractivity contribution is 5.94. The van der Waals surface area contributed by atoms with Crippen molar-refractivity contribution >= 4 is 11.6 Å². The molecule has 0 aromatic heterocycles. The molecular formula is C15H23N3O. The molecule has 1 aliphatic heterocycles. The number of piperazine rings is 1. The fourth-order valence-electron chi connectivity index (χ4n) is 2.47. The first-order chi connectivity index (χ1) is 9.18. The standard InChI is InChI=1S/C15H23N3O/c1-13(12-18-10-8-16-9-11-18)15(19)17(2)14-6-4-3-5-7-14/h3-7,13,16H,8-12H2,1-2H3. The van der Waals surface area contributed by atoms with Gasteiger partial charge in [0.2, 0.25) is 5.91 Å². The lowest BCUT2D eigenvalue weighted by molar-refractivity contribution is -0.122. The van der Waals surface area contributed by atoms with Gasteiger partial charge >= 0.3 is 0 Å². The van der Waals surface area contributed by atoms with Crippen molar-refractivity contribution in [1.29, 1.82) is 0 Å². The second-order valence-electron chi connectivity index (χ2n) is 5.18. The molecule has 1 fully saturated rings. The molecule has 4 heteroatoms. The van der Waals surface area contributed by atoms with Gasteiger partial charge in [0.15, 0.2) is 0 Å². The van der Waals surface area contributed by atoms with Crippen LogP contribution in [0.15, 0.2) is 30.3 Å². The molecule has 19 heavy (non-hydrogen) atoms. The van der Waals surface area contributed by atoms with Gasteiger partial charge in [-0.1, -0.05) is 25.1 Å². The van der Waals surface area contributed by atoms with E-state index in [1.165, 1.54) is 0 Å². The summed E-state index contributed by atoms with van der Waals surface area (Å²) in [7, 11) is 1.85. The van der Waals surface area contributed by atoms with Gasteiger partial charge in [0.05, 0.1) is 0 Å². The molecule has 1 saturated heterocycles. The SMILES string of the molecule is CC(CN1CCNCC1)C(=O)N(C)c1ccccc1. The summed E-state index contributed by atoms with van der Waals surface area (Å²) in [5.41, 5.74) is 0.958. The Kier molecular flexibility index (Phi) is 4.93. The first-order valence-electron chi connectivity index (χ1n) is 6.94. The van der Waals surface area contributed by atoms with Gasteiger partial charge in [-0.05, 0) is 12.1 Å².